The molecule has 19 heavy (non-hydrogen) atoms. The molecule has 0 amide bonds. The molecule has 0 bridgehead atoms. The summed E-state index contributed by atoms with van der Waals surface area (Å²) >= 11 is 2.40. The van der Waals surface area contributed by atoms with Crippen LogP contribution in [-0.4, -0.2) is 10.2 Å². The van der Waals surface area contributed by atoms with E-state index in [9.17, 15) is 4.79 Å². The van der Waals surface area contributed by atoms with Gasteiger partial charge in [0.05, 0.1) is 0 Å². The topological polar surface area (TPSA) is 17.1 Å². The number of hydrogen-bond donors (Lipinski definition) is 0. The van der Waals surface area contributed by atoms with Gasteiger partial charge in [0.2, 0.25) is 0 Å². The smallest absolute Gasteiger partial charge is 0.162 e. The van der Waals surface area contributed by atoms with Crippen molar-refractivity contribution in [2.75, 3.05) is 4.43 Å². The van der Waals surface area contributed by atoms with Crippen LogP contribution in [0.2, 0.25) is 0 Å². The molecule has 1 aromatic rings. The van der Waals surface area contributed by atoms with Gasteiger partial charge in [-0.05, 0) is 29.3 Å². The van der Waals surface area contributed by atoms with E-state index in [0.717, 1.165) is 18.4 Å². The zero-order valence-corrected chi connectivity index (χ0v) is 14.1. The Bertz CT molecular complexity index is 356. The molecule has 0 aliphatic rings. The fraction of sp³-hybridized carbons (Fsp3) is 0.588. The normalized spacial score (nSPS) is 10.6. The first-order valence-electron chi connectivity index (χ1n) is 7.46. The van der Waals surface area contributed by atoms with E-state index in [4.69, 9.17) is 0 Å². The summed E-state index contributed by atoms with van der Waals surface area (Å²) in [4.78, 5) is 12.0. The lowest BCUT2D eigenvalue weighted by Gasteiger charge is -2.03. The molecule has 0 aromatic heterocycles. The maximum absolute atomic E-state index is 12.0. The largest absolute Gasteiger partial charge is 0.294 e. The van der Waals surface area contributed by atoms with Crippen LogP contribution in [0.25, 0.3) is 0 Å². The van der Waals surface area contributed by atoms with Gasteiger partial charge in [0.15, 0.2) is 5.78 Å². The lowest BCUT2D eigenvalue weighted by Crippen LogP contribution is -1.99. The van der Waals surface area contributed by atoms with Crippen LogP contribution in [0.5, 0.6) is 0 Å². The molecule has 0 heterocycles. The highest BCUT2D eigenvalue weighted by Crippen LogP contribution is 2.12. The van der Waals surface area contributed by atoms with Gasteiger partial charge in [0, 0.05) is 12.0 Å². The van der Waals surface area contributed by atoms with Crippen molar-refractivity contribution in [3.05, 3.63) is 35.4 Å². The summed E-state index contributed by atoms with van der Waals surface area (Å²) in [7, 11) is 0. The predicted octanol–water partition coefficient (Wildman–Crippen LogP) is 5.60. The lowest BCUT2D eigenvalue weighted by molar-refractivity contribution is 0.0979. The quantitative estimate of drug-likeness (QED) is 0.226. The highest BCUT2D eigenvalue weighted by molar-refractivity contribution is 14.1. The summed E-state index contributed by atoms with van der Waals surface area (Å²) in [5.74, 6) is 0.303. The van der Waals surface area contributed by atoms with Crippen LogP contribution < -0.4 is 0 Å². The zero-order valence-electron chi connectivity index (χ0n) is 12.0. The van der Waals surface area contributed by atoms with E-state index < -0.39 is 0 Å². The van der Waals surface area contributed by atoms with Gasteiger partial charge < -0.3 is 0 Å². The minimum Gasteiger partial charge on any atom is -0.294 e. The van der Waals surface area contributed by atoms with Crippen LogP contribution in [0.15, 0.2) is 24.3 Å². The Morgan fingerprint density at radius 1 is 1.00 bits per heavy atom. The third-order valence-electron chi connectivity index (χ3n) is 3.38. The highest BCUT2D eigenvalue weighted by atomic mass is 127. The molecule has 2 heteroatoms. The van der Waals surface area contributed by atoms with Crippen molar-refractivity contribution in [1.29, 1.82) is 0 Å². The van der Waals surface area contributed by atoms with E-state index in [2.05, 4.69) is 41.6 Å². The number of benzene rings is 1. The van der Waals surface area contributed by atoms with Gasteiger partial charge in [-0.2, -0.15) is 0 Å². The number of hydrogen-bond acceptors (Lipinski definition) is 1. The minimum absolute atomic E-state index is 0.303. The molecule has 1 nitrogen and oxygen atoms in total. The summed E-state index contributed by atoms with van der Waals surface area (Å²) in [6.45, 7) is 2.21. The number of rotatable bonds is 10. The number of aryl methyl sites for hydroxylation is 1. The summed E-state index contributed by atoms with van der Waals surface area (Å²) in [6, 6.07) is 8.21. The Balaban J connectivity index is 2.32. The summed E-state index contributed by atoms with van der Waals surface area (Å²) in [6.07, 6.45) is 9.07. The molecular formula is C17H25IO. The molecule has 0 spiro atoms. The van der Waals surface area contributed by atoms with E-state index in [0.29, 0.717) is 12.2 Å². The first-order valence-corrected chi connectivity index (χ1v) is 8.98. The molecule has 0 fully saturated rings. The van der Waals surface area contributed by atoms with Crippen molar-refractivity contribution >= 4 is 28.4 Å². The second-order valence-electron chi connectivity index (χ2n) is 5.08. The molecule has 0 saturated heterocycles. The van der Waals surface area contributed by atoms with Crippen molar-refractivity contribution in [3.63, 3.8) is 0 Å². The van der Waals surface area contributed by atoms with E-state index in [1.807, 2.05) is 12.1 Å². The molecule has 0 N–H and O–H groups in total. The maximum atomic E-state index is 12.0. The third-order valence-corrected chi connectivity index (χ3v) is 4.15. The lowest BCUT2D eigenvalue weighted by atomic mass is 10.0. The SMILES string of the molecule is CCCCCCCC(=O)c1ccc(CCCI)cc1. The Hall–Kier alpha value is -0.380. The van der Waals surface area contributed by atoms with E-state index in [1.165, 1.54) is 42.1 Å². The first-order chi connectivity index (χ1) is 9.27. The second kappa shape index (κ2) is 10.4. The average Bonchev–Trinajstić information content (AvgIpc) is 2.45. The van der Waals surface area contributed by atoms with Gasteiger partial charge in [-0.3, -0.25) is 4.79 Å². The van der Waals surface area contributed by atoms with Gasteiger partial charge in [-0.15, -0.1) is 0 Å². The summed E-state index contributed by atoms with van der Waals surface area (Å²) in [5.41, 5.74) is 2.23. The Kier molecular flexibility index (Phi) is 9.14. The first kappa shape index (κ1) is 16.7. The fourth-order valence-electron chi connectivity index (χ4n) is 2.16. The van der Waals surface area contributed by atoms with E-state index in [-0.39, 0.29) is 0 Å². The van der Waals surface area contributed by atoms with Gasteiger partial charge in [-0.1, -0.05) is 79.5 Å². The van der Waals surface area contributed by atoms with Gasteiger partial charge in [0.25, 0.3) is 0 Å². The molecule has 0 atom stereocenters. The molecule has 106 valence electrons. The van der Waals surface area contributed by atoms with E-state index in [1.54, 1.807) is 0 Å². The van der Waals surface area contributed by atoms with Crippen molar-refractivity contribution in [2.24, 2.45) is 0 Å². The summed E-state index contributed by atoms with van der Waals surface area (Å²) in [5, 5.41) is 0. The van der Waals surface area contributed by atoms with Crippen molar-refractivity contribution in [1.82, 2.24) is 0 Å². The van der Waals surface area contributed by atoms with Crippen LogP contribution in [0, 0.1) is 0 Å². The van der Waals surface area contributed by atoms with Crippen molar-refractivity contribution in [2.45, 2.75) is 58.3 Å². The van der Waals surface area contributed by atoms with Crippen LogP contribution in [0.1, 0.15) is 67.8 Å². The molecule has 1 rings (SSSR count). The van der Waals surface area contributed by atoms with Crippen molar-refractivity contribution in [3.8, 4) is 0 Å². The van der Waals surface area contributed by atoms with Crippen LogP contribution >= 0.6 is 22.6 Å². The van der Waals surface area contributed by atoms with E-state index >= 15 is 0 Å². The standard InChI is InChI=1S/C17H25IO/c1-2-3-4-5-6-9-17(19)16-12-10-15(11-13-16)8-7-14-18/h10-13H,2-9,14H2,1H3. The van der Waals surface area contributed by atoms with Gasteiger partial charge in [0.1, 0.15) is 0 Å². The average molecular weight is 372 g/mol. The van der Waals surface area contributed by atoms with Gasteiger partial charge >= 0.3 is 0 Å². The predicted molar refractivity (Wildman–Crippen MR) is 91.4 cm³/mol. The van der Waals surface area contributed by atoms with Crippen molar-refractivity contribution < 1.29 is 4.79 Å². The molecule has 0 unspecified atom stereocenters. The monoisotopic (exact) mass is 372 g/mol. The number of ketones is 1. The van der Waals surface area contributed by atoms with Gasteiger partial charge in [-0.25, -0.2) is 0 Å². The molecule has 0 radical (unpaired) electrons. The summed E-state index contributed by atoms with van der Waals surface area (Å²) < 4.78 is 1.19. The van der Waals surface area contributed by atoms with Crippen LogP contribution in [0.3, 0.4) is 0 Å². The Morgan fingerprint density at radius 3 is 2.32 bits per heavy atom. The number of halogens is 1. The molecular weight excluding hydrogens is 347 g/mol. The molecule has 0 aliphatic heterocycles. The molecule has 0 saturated carbocycles. The number of unbranched alkanes of at least 4 members (excludes halogenated alkanes) is 4. The van der Waals surface area contributed by atoms with Crippen LogP contribution in [-0.2, 0) is 6.42 Å². The zero-order chi connectivity index (χ0) is 13.9. The maximum Gasteiger partial charge on any atom is 0.162 e. The number of carbonyl (C=O) groups excluding carboxylic acids is 1. The number of carbonyl (C=O) groups is 1. The Labute approximate surface area is 131 Å². The number of alkyl halides is 1. The number of Topliss-reactive ketones (excluding diaryl/α,β-unsaturated/α-hetero) is 1. The highest BCUT2D eigenvalue weighted by Gasteiger charge is 2.05. The molecule has 0 aliphatic carbocycles. The third kappa shape index (κ3) is 7.09. The fourth-order valence-corrected chi connectivity index (χ4v) is 2.54. The minimum atomic E-state index is 0.303. The Morgan fingerprint density at radius 2 is 1.68 bits per heavy atom. The van der Waals surface area contributed by atoms with Crippen LogP contribution in [0.4, 0.5) is 0 Å². The molecule has 1 aromatic carbocycles. The second-order valence-corrected chi connectivity index (χ2v) is 6.16.